The van der Waals surface area contributed by atoms with E-state index in [4.69, 9.17) is 10.5 Å². The number of ether oxygens (including phenoxy) is 1. The first-order valence-electron chi connectivity index (χ1n) is 6.24. The number of aliphatic hydroxyl groups is 1. The van der Waals surface area contributed by atoms with Crippen molar-refractivity contribution in [1.29, 1.82) is 0 Å². The maximum absolute atomic E-state index is 13.0. The summed E-state index contributed by atoms with van der Waals surface area (Å²) in [6.07, 6.45) is 1.59. The van der Waals surface area contributed by atoms with Gasteiger partial charge in [-0.3, -0.25) is 0 Å². The molecule has 0 unspecified atom stereocenters. The molecule has 0 aromatic heterocycles. The second-order valence-electron chi connectivity index (χ2n) is 4.33. The number of aliphatic hydroxyl groups excluding tert-OH is 1. The van der Waals surface area contributed by atoms with Crippen LogP contribution in [0.5, 0.6) is 5.75 Å². The van der Waals surface area contributed by atoms with Crippen molar-refractivity contribution in [3.05, 3.63) is 71.2 Å². The van der Waals surface area contributed by atoms with Gasteiger partial charge in [0.1, 0.15) is 23.9 Å². The topological polar surface area (TPSA) is 55.5 Å². The molecule has 0 bridgehead atoms. The Hall–Kier alpha value is -2.33. The zero-order chi connectivity index (χ0) is 14.4. The van der Waals surface area contributed by atoms with Gasteiger partial charge in [-0.2, -0.15) is 0 Å². The summed E-state index contributed by atoms with van der Waals surface area (Å²) in [5, 5.41) is 9.33. The largest absolute Gasteiger partial charge is 0.511 e. The summed E-state index contributed by atoms with van der Waals surface area (Å²) in [7, 11) is 0. The maximum atomic E-state index is 13.0. The SMILES string of the molecule is NCC(O)=Cc1ccc(OCc2cccc(F)c2)cc1. The van der Waals surface area contributed by atoms with E-state index in [1.165, 1.54) is 12.1 Å². The van der Waals surface area contributed by atoms with Crippen molar-refractivity contribution < 1.29 is 14.2 Å². The summed E-state index contributed by atoms with van der Waals surface area (Å²) in [5.41, 5.74) is 6.91. The van der Waals surface area contributed by atoms with Crippen LogP contribution in [0.15, 0.2) is 54.3 Å². The van der Waals surface area contributed by atoms with E-state index in [9.17, 15) is 9.50 Å². The fourth-order valence-electron chi connectivity index (χ4n) is 1.71. The molecule has 0 fully saturated rings. The maximum Gasteiger partial charge on any atom is 0.123 e. The third-order valence-electron chi connectivity index (χ3n) is 2.72. The van der Waals surface area contributed by atoms with Gasteiger partial charge in [-0.05, 0) is 41.5 Å². The molecule has 0 atom stereocenters. The lowest BCUT2D eigenvalue weighted by molar-refractivity contribution is 0.305. The highest BCUT2D eigenvalue weighted by Gasteiger charge is 1.98. The van der Waals surface area contributed by atoms with Gasteiger partial charge in [0.2, 0.25) is 0 Å². The predicted octanol–water partition coefficient (Wildman–Crippen LogP) is 3.26. The average Bonchev–Trinajstić information content (AvgIpc) is 2.46. The standard InChI is InChI=1S/C16H16FNO2/c17-14-3-1-2-13(8-14)11-20-16-6-4-12(5-7-16)9-15(19)10-18/h1-9,19H,10-11,18H2. The van der Waals surface area contributed by atoms with Crippen molar-refractivity contribution in [3.63, 3.8) is 0 Å². The van der Waals surface area contributed by atoms with Gasteiger partial charge >= 0.3 is 0 Å². The Kier molecular flexibility index (Phi) is 4.74. The van der Waals surface area contributed by atoms with E-state index in [0.29, 0.717) is 12.4 Å². The minimum absolute atomic E-state index is 0.109. The van der Waals surface area contributed by atoms with Crippen LogP contribution in [-0.4, -0.2) is 11.7 Å². The minimum Gasteiger partial charge on any atom is -0.511 e. The molecule has 20 heavy (non-hydrogen) atoms. The molecule has 2 aromatic carbocycles. The summed E-state index contributed by atoms with van der Waals surface area (Å²) in [4.78, 5) is 0. The number of halogens is 1. The summed E-state index contributed by atoms with van der Waals surface area (Å²) in [6, 6.07) is 13.5. The molecule has 3 N–H and O–H groups in total. The molecule has 104 valence electrons. The average molecular weight is 273 g/mol. The Morgan fingerprint density at radius 1 is 1.20 bits per heavy atom. The van der Waals surface area contributed by atoms with Crippen LogP contribution >= 0.6 is 0 Å². The highest BCUT2D eigenvalue weighted by Crippen LogP contribution is 2.16. The molecule has 3 nitrogen and oxygen atoms in total. The first-order valence-corrected chi connectivity index (χ1v) is 6.24. The number of hydrogen-bond donors (Lipinski definition) is 2. The number of hydrogen-bond acceptors (Lipinski definition) is 3. The second-order valence-corrected chi connectivity index (χ2v) is 4.33. The first-order chi connectivity index (χ1) is 9.67. The molecule has 0 amide bonds. The van der Waals surface area contributed by atoms with E-state index >= 15 is 0 Å². The number of benzene rings is 2. The predicted molar refractivity (Wildman–Crippen MR) is 76.8 cm³/mol. The summed E-state index contributed by atoms with van der Waals surface area (Å²) in [6.45, 7) is 0.415. The lowest BCUT2D eigenvalue weighted by atomic mass is 10.2. The lowest BCUT2D eigenvalue weighted by Crippen LogP contribution is -2.01. The van der Waals surface area contributed by atoms with Gasteiger partial charge in [-0.15, -0.1) is 0 Å². The van der Waals surface area contributed by atoms with E-state index < -0.39 is 0 Å². The van der Waals surface area contributed by atoms with E-state index in [1.54, 1.807) is 30.3 Å². The molecule has 2 aromatic rings. The van der Waals surface area contributed by atoms with Crippen LogP contribution in [-0.2, 0) is 6.61 Å². The molecule has 4 heteroatoms. The van der Waals surface area contributed by atoms with Crippen LogP contribution < -0.4 is 10.5 Å². The fourth-order valence-corrected chi connectivity index (χ4v) is 1.71. The summed E-state index contributed by atoms with van der Waals surface area (Å²) < 4.78 is 18.6. The normalized spacial score (nSPS) is 11.4. The fraction of sp³-hybridized carbons (Fsp3) is 0.125. The molecule has 0 aliphatic carbocycles. The monoisotopic (exact) mass is 273 g/mol. The van der Waals surface area contributed by atoms with Crippen molar-refractivity contribution in [2.24, 2.45) is 5.73 Å². The van der Waals surface area contributed by atoms with Crippen LogP contribution in [0.2, 0.25) is 0 Å². The Bertz CT molecular complexity index is 594. The zero-order valence-electron chi connectivity index (χ0n) is 10.9. The Balaban J connectivity index is 1.97. The molecule has 0 radical (unpaired) electrons. The number of rotatable bonds is 5. The van der Waals surface area contributed by atoms with Crippen molar-refractivity contribution in [1.82, 2.24) is 0 Å². The van der Waals surface area contributed by atoms with E-state index in [0.717, 1.165) is 11.1 Å². The van der Waals surface area contributed by atoms with Crippen molar-refractivity contribution >= 4 is 6.08 Å². The Morgan fingerprint density at radius 3 is 2.60 bits per heavy atom. The molecule has 0 aliphatic rings. The number of nitrogens with two attached hydrogens (primary N) is 1. The summed E-state index contributed by atoms with van der Waals surface area (Å²) >= 11 is 0. The smallest absolute Gasteiger partial charge is 0.123 e. The highest BCUT2D eigenvalue weighted by molar-refractivity contribution is 5.52. The quantitative estimate of drug-likeness (QED) is 0.822. The molecule has 0 spiro atoms. The summed E-state index contributed by atoms with van der Waals surface area (Å²) in [5.74, 6) is 0.529. The van der Waals surface area contributed by atoms with Crippen molar-refractivity contribution in [3.8, 4) is 5.75 Å². The zero-order valence-corrected chi connectivity index (χ0v) is 10.9. The van der Waals surface area contributed by atoms with Gasteiger partial charge < -0.3 is 15.6 Å². The van der Waals surface area contributed by atoms with E-state index in [-0.39, 0.29) is 18.1 Å². The van der Waals surface area contributed by atoms with Gasteiger partial charge in [-0.25, -0.2) is 4.39 Å². The third kappa shape index (κ3) is 4.10. The van der Waals surface area contributed by atoms with Crippen LogP contribution in [0.1, 0.15) is 11.1 Å². The first kappa shape index (κ1) is 14.1. The van der Waals surface area contributed by atoms with Gasteiger partial charge in [0.15, 0.2) is 0 Å². The Morgan fingerprint density at radius 2 is 1.95 bits per heavy atom. The van der Waals surface area contributed by atoms with Gasteiger partial charge in [0.25, 0.3) is 0 Å². The molecule has 0 aliphatic heterocycles. The van der Waals surface area contributed by atoms with Crippen LogP contribution in [0.3, 0.4) is 0 Å². The van der Waals surface area contributed by atoms with Crippen LogP contribution in [0.25, 0.3) is 6.08 Å². The lowest BCUT2D eigenvalue weighted by Gasteiger charge is -2.06. The minimum atomic E-state index is -0.274. The van der Waals surface area contributed by atoms with Crippen molar-refractivity contribution in [2.45, 2.75) is 6.61 Å². The van der Waals surface area contributed by atoms with Gasteiger partial charge in [0, 0.05) is 0 Å². The van der Waals surface area contributed by atoms with Gasteiger partial charge in [0.05, 0.1) is 6.54 Å². The highest BCUT2D eigenvalue weighted by atomic mass is 19.1. The molecule has 0 heterocycles. The molecular formula is C16H16FNO2. The van der Waals surface area contributed by atoms with Crippen LogP contribution in [0.4, 0.5) is 4.39 Å². The Labute approximate surface area is 117 Å². The molecule has 0 saturated heterocycles. The molecule has 0 saturated carbocycles. The second kappa shape index (κ2) is 6.73. The van der Waals surface area contributed by atoms with Crippen molar-refractivity contribution in [2.75, 3.05) is 6.54 Å². The molecular weight excluding hydrogens is 257 g/mol. The van der Waals surface area contributed by atoms with E-state index in [2.05, 4.69) is 0 Å². The third-order valence-corrected chi connectivity index (χ3v) is 2.72. The van der Waals surface area contributed by atoms with E-state index in [1.807, 2.05) is 12.1 Å². The van der Waals surface area contributed by atoms with Crippen LogP contribution in [0, 0.1) is 5.82 Å². The van der Waals surface area contributed by atoms with Gasteiger partial charge in [-0.1, -0.05) is 24.3 Å². The molecule has 2 rings (SSSR count).